The first-order chi connectivity index (χ1) is 19.2. The normalized spacial score (nSPS) is 11.7. The van der Waals surface area contributed by atoms with Gasteiger partial charge in [0.1, 0.15) is 11.2 Å². The number of halogens is 1. The van der Waals surface area contributed by atoms with Crippen molar-refractivity contribution in [3.05, 3.63) is 108 Å². The molecule has 0 atom stereocenters. The molecule has 4 aromatic heterocycles. The number of furan rings is 2. The summed E-state index contributed by atoms with van der Waals surface area (Å²) in [6.07, 6.45) is 3.44. The number of rotatable bonds is 3. The SMILES string of the molecule is Clc1cccc2c1oc1cncc(-c3nc(-c4ccccc4)nc(-c4cccc5c4oc4ccccc45)n3)c12. The summed E-state index contributed by atoms with van der Waals surface area (Å²) in [7, 11) is 0. The first-order valence-corrected chi connectivity index (χ1v) is 12.8. The van der Waals surface area contributed by atoms with E-state index in [1.54, 1.807) is 12.4 Å². The molecule has 0 saturated carbocycles. The van der Waals surface area contributed by atoms with Crippen molar-refractivity contribution in [3.8, 4) is 34.2 Å². The van der Waals surface area contributed by atoms with Crippen LogP contribution in [-0.2, 0) is 0 Å². The third kappa shape index (κ3) is 3.42. The van der Waals surface area contributed by atoms with Crippen LogP contribution in [0.5, 0.6) is 0 Å². The predicted molar refractivity (Wildman–Crippen MR) is 153 cm³/mol. The lowest BCUT2D eigenvalue weighted by Gasteiger charge is -2.09. The van der Waals surface area contributed by atoms with Gasteiger partial charge in [0.25, 0.3) is 0 Å². The second-order valence-corrected chi connectivity index (χ2v) is 9.64. The van der Waals surface area contributed by atoms with E-state index in [9.17, 15) is 0 Å². The minimum absolute atomic E-state index is 0.479. The van der Waals surface area contributed by atoms with Crippen LogP contribution in [0.2, 0.25) is 5.02 Å². The number of hydrogen-bond acceptors (Lipinski definition) is 6. The average molecular weight is 525 g/mol. The van der Waals surface area contributed by atoms with Gasteiger partial charge in [-0.15, -0.1) is 0 Å². The van der Waals surface area contributed by atoms with Gasteiger partial charge in [0.2, 0.25) is 0 Å². The van der Waals surface area contributed by atoms with E-state index in [4.69, 9.17) is 35.4 Å². The number of fused-ring (bicyclic) bond motifs is 6. The van der Waals surface area contributed by atoms with Crippen molar-refractivity contribution in [3.63, 3.8) is 0 Å². The minimum Gasteiger partial charge on any atom is -0.455 e. The van der Waals surface area contributed by atoms with Crippen LogP contribution >= 0.6 is 11.6 Å². The molecule has 0 unspecified atom stereocenters. The zero-order valence-electron chi connectivity index (χ0n) is 20.3. The van der Waals surface area contributed by atoms with Crippen LogP contribution in [0.15, 0.2) is 112 Å². The molecular formula is C32H17ClN4O2. The van der Waals surface area contributed by atoms with Gasteiger partial charge in [-0.05, 0) is 18.2 Å². The van der Waals surface area contributed by atoms with Crippen molar-refractivity contribution < 1.29 is 8.83 Å². The molecule has 8 rings (SSSR count). The van der Waals surface area contributed by atoms with Crippen LogP contribution in [0.1, 0.15) is 0 Å². The van der Waals surface area contributed by atoms with E-state index in [0.29, 0.717) is 33.7 Å². The molecule has 0 saturated heterocycles. The molecular weight excluding hydrogens is 508 g/mol. The fraction of sp³-hybridized carbons (Fsp3) is 0. The maximum atomic E-state index is 6.46. The third-order valence-electron chi connectivity index (χ3n) is 6.91. The van der Waals surface area contributed by atoms with Crippen LogP contribution in [-0.4, -0.2) is 19.9 Å². The molecule has 0 radical (unpaired) electrons. The topological polar surface area (TPSA) is 77.8 Å². The Morgan fingerprint density at radius 3 is 2.10 bits per heavy atom. The predicted octanol–water partition coefficient (Wildman–Crippen LogP) is 8.72. The number of nitrogens with zero attached hydrogens (tertiary/aromatic N) is 4. The molecule has 8 aromatic rings. The maximum absolute atomic E-state index is 6.46. The van der Waals surface area contributed by atoms with Gasteiger partial charge in [-0.1, -0.05) is 84.4 Å². The van der Waals surface area contributed by atoms with Crippen LogP contribution < -0.4 is 0 Å². The summed E-state index contributed by atoms with van der Waals surface area (Å²) in [6, 6.07) is 29.6. The lowest BCUT2D eigenvalue weighted by Crippen LogP contribution is -2.00. The standard InChI is InChI=1S/C32H17ClN4O2/c33-24-14-7-12-21-27-23(16-34-17-26(27)39-29(21)24)32-36-30(18-8-2-1-3-9-18)35-31(37-32)22-13-6-11-20-19-10-4-5-15-25(19)38-28(20)22/h1-17H. The van der Waals surface area contributed by atoms with Crippen LogP contribution in [0.3, 0.4) is 0 Å². The van der Waals surface area contributed by atoms with Gasteiger partial charge in [-0.2, -0.15) is 0 Å². The molecule has 0 fully saturated rings. The number of para-hydroxylation sites is 3. The van der Waals surface area contributed by atoms with Gasteiger partial charge in [0.05, 0.1) is 16.8 Å². The quantitative estimate of drug-likeness (QED) is 0.230. The van der Waals surface area contributed by atoms with Crippen LogP contribution in [0, 0.1) is 0 Å². The first-order valence-electron chi connectivity index (χ1n) is 12.4. The summed E-state index contributed by atoms with van der Waals surface area (Å²) in [4.78, 5) is 19.3. The van der Waals surface area contributed by atoms with Crippen LogP contribution in [0.4, 0.5) is 0 Å². The first kappa shape index (κ1) is 22.0. The Balaban J connectivity index is 1.44. The number of pyridine rings is 1. The van der Waals surface area contributed by atoms with E-state index in [1.165, 1.54) is 0 Å². The number of aromatic nitrogens is 4. The molecule has 39 heavy (non-hydrogen) atoms. The molecule has 184 valence electrons. The summed E-state index contributed by atoms with van der Waals surface area (Å²) in [5.74, 6) is 1.53. The van der Waals surface area contributed by atoms with E-state index >= 15 is 0 Å². The Kier molecular flexibility index (Phi) is 4.77. The van der Waals surface area contributed by atoms with Gasteiger partial charge in [0, 0.05) is 38.9 Å². The minimum atomic E-state index is 0.479. The summed E-state index contributed by atoms with van der Waals surface area (Å²) >= 11 is 6.46. The zero-order chi connectivity index (χ0) is 25.9. The molecule has 0 spiro atoms. The Labute approximate surface area is 226 Å². The van der Waals surface area contributed by atoms with Crippen molar-refractivity contribution in [2.45, 2.75) is 0 Å². The van der Waals surface area contributed by atoms with Gasteiger partial charge >= 0.3 is 0 Å². The lowest BCUT2D eigenvalue weighted by atomic mass is 10.1. The fourth-order valence-electron chi connectivity index (χ4n) is 5.14. The Morgan fingerprint density at radius 2 is 1.21 bits per heavy atom. The van der Waals surface area contributed by atoms with Gasteiger partial charge < -0.3 is 8.83 Å². The molecule has 0 aliphatic carbocycles. The smallest absolute Gasteiger partial charge is 0.167 e. The molecule has 6 nitrogen and oxygen atoms in total. The van der Waals surface area contributed by atoms with E-state index in [0.717, 1.165) is 49.4 Å². The molecule has 7 heteroatoms. The zero-order valence-corrected chi connectivity index (χ0v) is 21.1. The Morgan fingerprint density at radius 1 is 0.513 bits per heavy atom. The van der Waals surface area contributed by atoms with E-state index in [1.807, 2.05) is 78.9 Å². The fourth-order valence-corrected chi connectivity index (χ4v) is 5.35. The Bertz CT molecular complexity index is 2200. The van der Waals surface area contributed by atoms with E-state index < -0.39 is 0 Å². The average Bonchev–Trinajstić information content (AvgIpc) is 3.57. The Hall–Kier alpha value is -5.07. The van der Waals surface area contributed by atoms with Crippen molar-refractivity contribution in [2.75, 3.05) is 0 Å². The monoisotopic (exact) mass is 524 g/mol. The second kappa shape index (κ2) is 8.48. The van der Waals surface area contributed by atoms with E-state index in [-0.39, 0.29) is 0 Å². The summed E-state index contributed by atoms with van der Waals surface area (Å²) < 4.78 is 12.4. The number of hydrogen-bond donors (Lipinski definition) is 0. The third-order valence-corrected chi connectivity index (χ3v) is 7.21. The molecule has 0 aliphatic rings. The highest BCUT2D eigenvalue weighted by molar-refractivity contribution is 6.36. The van der Waals surface area contributed by atoms with Crippen molar-refractivity contribution >= 4 is 55.5 Å². The summed E-state index contributed by atoms with van der Waals surface area (Å²) in [5, 5.41) is 4.30. The second-order valence-electron chi connectivity index (χ2n) is 9.23. The highest BCUT2D eigenvalue weighted by Gasteiger charge is 2.21. The van der Waals surface area contributed by atoms with Crippen molar-refractivity contribution in [1.82, 2.24) is 19.9 Å². The number of benzene rings is 4. The highest BCUT2D eigenvalue weighted by Crippen LogP contribution is 2.39. The molecule has 0 N–H and O–H groups in total. The molecule has 4 aromatic carbocycles. The molecule has 0 bridgehead atoms. The van der Waals surface area contributed by atoms with Crippen molar-refractivity contribution in [2.24, 2.45) is 0 Å². The van der Waals surface area contributed by atoms with Gasteiger partial charge in [0.15, 0.2) is 28.6 Å². The summed E-state index contributed by atoms with van der Waals surface area (Å²) in [6.45, 7) is 0. The van der Waals surface area contributed by atoms with Crippen molar-refractivity contribution in [1.29, 1.82) is 0 Å². The van der Waals surface area contributed by atoms with Crippen LogP contribution in [0.25, 0.3) is 78.0 Å². The molecule has 0 amide bonds. The lowest BCUT2D eigenvalue weighted by molar-refractivity contribution is 0.667. The van der Waals surface area contributed by atoms with E-state index in [2.05, 4.69) is 17.1 Å². The molecule has 0 aliphatic heterocycles. The largest absolute Gasteiger partial charge is 0.455 e. The molecule has 4 heterocycles. The maximum Gasteiger partial charge on any atom is 0.167 e. The summed E-state index contributed by atoms with van der Waals surface area (Å²) in [5.41, 5.74) is 5.14. The van der Waals surface area contributed by atoms with Gasteiger partial charge in [-0.3, -0.25) is 4.98 Å². The van der Waals surface area contributed by atoms with Gasteiger partial charge in [-0.25, -0.2) is 15.0 Å². The highest BCUT2D eigenvalue weighted by atomic mass is 35.5.